The number of nitrogens with one attached hydrogen (secondary N) is 1. The topological polar surface area (TPSA) is 76.5 Å². The van der Waals surface area contributed by atoms with Gasteiger partial charge in [0, 0.05) is 23.7 Å². The summed E-state index contributed by atoms with van der Waals surface area (Å²) in [5.41, 5.74) is 5.94. The molecule has 7 atom stereocenters. The van der Waals surface area contributed by atoms with Gasteiger partial charge in [0.05, 0.1) is 18.3 Å². The van der Waals surface area contributed by atoms with E-state index in [9.17, 15) is 15.3 Å². The normalized spacial score (nSPS) is 37.3. The second kappa shape index (κ2) is 10.4. The molecule has 202 valence electrons. The van der Waals surface area contributed by atoms with Gasteiger partial charge in [-0.25, -0.2) is 0 Å². The molecular formula is C33H47NO3. The lowest BCUT2D eigenvalue weighted by Crippen LogP contribution is -2.35. The van der Waals surface area contributed by atoms with Crippen LogP contribution in [0.5, 0.6) is 0 Å². The largest absolute Gasteiger partial charge is 0.393 e. The van der Waals surface area contributed by atoms with E-state index < -0.39 is 18.3 Å². The Bertz CT molecular complexity index is 1090. The van der Waals surface area contributed by atoms with Crippen molar-refractivity contribution in [3.8, 4) is 0 Å². The summed E-state index contributed by atoms with van der Waals surface area (Å²) in [6, 6.07) is 2.24. The summed E-state index contributed by atoms with van der Waals surface area (Å²) in [4.78, 5) is 3.44. The fraction of sp³-hybridized carbons (Fsp3) is 0.636. The molecule has 4 heteroatoms. The van der Waals surface area contributed by atoms with E-state index in [1.807, 2.05) is 0 Å². The maximum Gasteiger partial charge on any atom is 0.0831 e. The van der Waals surface area contributed by atoms with E-state index >= 15 is 0 Å². The van der Waals surface area contributed by atoms with Crippen LogP contribution in [0.15, 0.2) is 59.9 Å². The monoisotopic (exact) mass is 505 g/mol. The molecule has 1 aromatic rings. The second-order valence-electron chi connectivity index (χ2n) is 12.8. The zero-order chi connectivity index (χ0) is 26.4. The molecule has 4 saturated carbocycles. The highest BCUT2D eigenvalue weighted by Crippen LogP contribution is 2.60. The summed E-state index contributed by atoms with van der Waals surface area (Å²) in [7, 11) is 0. The van der Waals surface area contributed by atoms with Crippen LogP contribution in [0.4, 0.5) is 0 Å². The minimum atomic E-state index is -0.635. The van der Waals surface area contributed by atoms with Crippen LogP contribution in [-0.4, -0.2) is 38.6 Å². The Labute approximate surface area is 223 Å². The van der Waals surface area contributed by atoms with Crippen LogP contribution < -0.4 is 0 Å². The molecular weight excluding hydrogens is 458 g/mol. The van der Waals surface area contributed by atoms with Crippen LogP contribution >= 0.6 is 0 Å². The molecule has 4 N–H and O–H groups in total. The average Bonchev–Trinajstić information content (AvgIpc) is 3.39. The number of aromatic nitrogens is 1. The molecule has 1 heterocycles. The summed E-state index contributed by atoms with van der Waals surface area (Å²) in [5, 5.41) is 31.5. The van der Waals surface area contributed by atoms with Crippen LogP contribution in [0.1, 0.15) is 89.8 Å². The van der Waals surface area contributed by atoms with E-state index in [1.54, 1.807) is 0 Å². The Morgan fingerprint density at radius 2 is 1.95 bits per heavy atom. The minimum Gasteiger partial charge on any atom is -0.393 e. The zero-order valence-corrected chi connectivity index (χ0v) is 23.0. The number of aromatic amines is 1. The SMILES string of the molecule is C=C1/C(=C\C=C2/CCC[C@]3(C)[C@@H]([C@H](C)/C=C/[C@H](O)C4(c5cc(CC)c[nH]5)CC4)CC[C@@H]23)C[C@@H](O)C[C@@H]1O. The maximum atomic E-state index is 11.2. The number of hydrogen-bond acceptors (Lipinski definition) is 3. The molecule has 0 radical (unpaired) electrons. The number of fused-ring (bicyclic) bond motifs is 1. The predicted octanol–water partition coefficient (Wildman–Crippen LogP) is 6.30. The van der Waals surface area contributed by atoms with Gasteiger partial charge in [0.15, 0.2) is 0 Å². The van der Waals surface area contributed by atoms with E-state index in [1.165, 1.54) is 42.5 Å². The van der Waals surface area contributed by atoms with Crippen molar-refractivity contribution in [3.05, 3.63) is 71.1 Å². The Morgan fingerprint density at radius 1 is 1.16 bits per heavy atom. The lowest BCUT2D eigenvalue weighted by Gasteiger charge is -2.44. The molecule has 0 amide bonds. The number of aliphatic hydroxyl groups excluding tert-OH is 3. The van der Waals surface area contributed by atoms with Gasteiger partial charge in [0.2, 0.25) is 0 Å². The maximum absolute atomic E-state index is 11.2. The third-order valence-electron chi connectivity index (χ3n) is 10.6. The van der Waals surface area contributed by atoms with Crippen molar-refractivity contribution in [2.45, 2.75) is 109 Å². The highest BCUT2D eigenvalue weighted by Gasteiger charge is 2.52. The van der Waals surface area contributed by atoms with Gasteiger partial charge in [-0.1, -0.05) is 57.2 Å². The van der Waals surface area contributed by atoms with Gasteiger partial charge in [-0.05, 0) is 104 Å². The number of allylic oxidation sites excluding steroid dienone is 4. The number of rotatable bonds is 7. The van der Waals surface area contributed by atoms with Crippen LogP contribution in [0.2, 0.25) is 0 Å². The highest BCUT2D eigenvalue weighted by atomic mass is 16.3. The van der Waals surface area contributed by atoms with Gasteiger partial charge in [-0.15, -0.1) is 0 Å². The number of aryl methyl sites for hydroxylation is 1. The van der Waals surface area contributed by atoms with Crippen molar-refractivity contribution in [3.63, 3.8) is 0 Å². The first kappa shape index (κ1) is 26.7. The minimum absolute atomic E-state index is 0.121. The van der Waals surface area contributed by atoms with E-state index in [4.69, 9.17) is 0 Å². The van der Waals surface area contributed by atoms with Crippen LogP contribution in [-0.2, 0) is 11.8 Å². The average molecular weight is 506 g/mol. The van der Waals surface area contributed by atoms with Gasteiger partial charge >= 0.3 is 0 Å². The Kier molecular flexibility index (Phi) is 7.48. The fourth-order valence-corrected chi connectivity index (χ4v) is 8.00. The van der Waals surface area contributed by atoms with Crippen LogP contribution in [0, 0.1) is 23.2 Å². The lowest BCUT2D eigenvalue weighted by molar-refractivity contribution is 0.0862. The van der Waals surface area contributed by atoms with Crippen LogP contribution in [0.3, 0.4) is 0 Å². The van der Waals surface area contributed by atoms with Crippen molar-refractivity contribution in [2.24, 2.45) is 23.2 Å². The molecule has 0 spiro atoms. The summed E-state index contributed by atoms with van der Waals surface area (Å²) in [6.45, 7) is 11.1. The van der Waals surface area contributed by atoms with E-state index in [2.05, 4.69) is 68.9 Å². The molecule has 0 aliphatic heterocycles. The van der Waals surface area contributed by atoms with Crippen molar-refractivity contribution in [1.82, 2.24) is 4.98 Å². The van der Waals surface area contributed by atoms with E-state index in [-0.39, 0.29) is 10.8 Å². The molecule has 4 aliphatic carbocycles. The molecule has 4 nitrogen and oxygen atoms in total. The molecule has 4 fully saturated rings. The van der Waals surface area contributed by atoms with Crippen molar-refractivity contribution >= 4 is 0 Å². The summed E-state index contributed by atoms with van der Waals surface area (Å²) >= 11 is 0. The summed E-state index contributed by atoms with van der Waals surface area (Å²) < 4.78 is 0. The molecule has 0 unspecified atom stereocenters. The van der Waals surface area contributed by atoms with Crippen molar-refractivity contribution < 1.29 is 15.3 Å². The smallest absolute Gasteiger partial charge is 0.0831 e. The number of aliphatic hydroxyl groups is 3. The lowest BCUT2D eigenvalue weighted by atomic mass is 9.61. The molecule has 0 bridgehead atoms. The predicted molar refractivity (Wildman–Crippen MR) is 150 cm³/mol. The second-order valence-corrected chi connectivity index (χ2v) is 12.8. The van der Waals surface area contributed by atoms with E-state index in [0.29, 0.717) is 30.6 Å². The standard InChI is InChI=1S/C33H47NO3/c1-5-23-17-30(34-20-23)33(15-16-33)31(37)13-8-21(2)27-11-12-28-24(7-6-14-32(27,28)4)9-10-25-18-26(35)19-29(36)22(25)3/h8-10,13,17,20-21,26-29,31,34-37H,3,5-7,11-12,14-16,18-19H2,1-2,4H3/b13-8+,24-9+,25-10-/t21-,26-,27-,28+,29+,31+,32-/m1/s1. The number of hydrogen-bond donors (Lipinski definition) is 4. The molecule has 0 saturated heterocycles. The Morgan fingerprint density at radius 3 is 2.65 bits per heavy atom. The molecule has 4 aliphatic rings. The first-order chi connectivity index (χ1) is 17.7. The summed E-state index contributed by atoms with van der Waals surface area (Å²) in [5.74, 6) is 1.62. The van der Waals surface area contributed by atoms with Gasteiger partial charge in [-0.2, -0.15) is 0 Å². The van der Waals surface area contributed by atoms with Crippen LogP contribution in [0.25, 0.3) is 0 Å². The molecule has 5 rings (SSSR count). The first-order valence-electron chi connectivity index (χ1n) is 14.7. The van der Waals surface area contributed by atoms with E-state index in [0.717, 1.165) is 36.8 Å². The van der Waals surface area contributed by atoms with Crippen molar-refractivity contribution in [1.29, 1.82) is 0 Å². The molecule has 0 aromatic carbocycles. The zero-order valence-electron chi connectivity index (χ0n) is 23.0. The van der Waals surface area contributed by atoms with Gasteiger partial charge < -0.3 is 20.3 Å². The van der Waals surface area contributed by atoms with Gasteiger partial charge in [0.1, 0.15) is 0 Å². The summed E-state index contributed by atoms with van der Waals surface area (Å²) in [6.07, 6.45) is 19.5. The Balaban J connectivity index is 1.28. The fourth-order valence-electron chi connectivity index (χ4n) is 8.00. The molecule has 37 heavy (non-hydrogen) atoms. The third kappa shape index (κ3) is 4.97. The quantitative estimate of drug-likeness (QED) is 0.328. The Hall–Kier alpha value is -1.88. The first-order valence-corrected chi connectivity index (χ1v) is 14.7. The van der Waals surface area contributed by atoms with Crippen molar-refractivity contribution in [2.75, 3.05) is 0 Å². The third-order valence-corrected chi connectivity index (χ3v) is 10.6. The highest BCUT2D eigenvalue weighted by molar-refractivity contribution is 5.39. The number of H-pyrrole nitrogens is 1. The molecule has 1 aromatic heterocycles. The van der Waals surface area contributed by atoms with Gasteiger partial charge in [0.25, 0.3) is 0 Å². The van der Waals surface area contributed by atoms with Gasteiger partial charge in [-0.3, -0.25) is 0 Å².